The van der Waals surface area contributed by atoms with Crippen LogP contribution in [-0.2, 0) is 0 Å². The SMILES string of the molecule is c1ccc(-c2ccccc2-c2ccccc2-c2ccccc2N(c2cccc(-c3cccc4c3c3ccccc3n4-c3ccccc3)c2)c2cccc3oc4ccccc4c23)cc1. The molecule has 0 saturated heterocycles. The van der Waals surface area contributed by atoms with Crippen LogP contribution < -0.4 is 4.90 Å². The zero-order valence-electron chi connectivity index (χ0n) is 34.4. The van der Waals surface area contributed by atoms with Gasteiger partial charge in [0.15, 0.2) is 0 Å². The molecule has 12 rings (SSSR count). The summed E-state index contributed by atoms with van der Waals surface area (Å²) in [5.74, 6) is 0. The Morgan fingerprint density at radius 1 is 0.317 bits per heavy atom. The highest BCUT2D eigenvalue weighted by molar-refractivity contribution is 6.17. The van der Waals surface area contributed by atoms with Gasteiger partial charge in [0.1, 0.15) is 11.2 Å². The second-order valence-corrected chi connectivity index (χ2v) is 16.0. The van der Waals surface area contributed by atoms with Crippen LogP contribution in [0.1, 0.15) is 0 Å². The fourth-order valence-electron chi connectivity index (χ4n) is 9.71. The van der Waals surface area contributed by atoms with Crippen molar-refractivity contribution in [3.05, 3.63) is 243 Å². The molecule has 10 aromatic carbocycles. The maximum Gasteiger partial charge on any atom is 0.137 e. The van der Waals surface area contributed by atoms with Gasteiger partial charge in [0, 0.05) is 33.1 Å². The quantitative estimate of drug-likeness (QED) is 0.153. The van der Waals surface area contributed by atoms with Crippen molar-refractivity contribution in [3.8, 4) is 50.2 Å². The molecule has 63 heavy (non-hydrogen) atoms. The summed E-state index contributed by atoms with van der Waals surface area (Å²) >= 11 is 0. The molecule has 296 valence electrons. The summed E-state index contributed by atoms with van der Waals surface area (Å²) in [4.78, 5) is 2.44. The molecule has 0 aliphatic heterocycles. The molecule has 0 N–H and O–H groups in total. The molecular weight excluding hydrogens is 765 g/mol. The van der Waals surface area contributed by atoms with E-state index < -0.39 is 0 Å². The summed E-state index contributed by atoms with van der Waals surface area (Å²) in [5, 5.41) is 4.61. The van der Waals surface area contributed by atoms with Gasteiger partial charge in [0.2, 0.25) is 0 Å². The second kappa shape index (κ2) is 15.3. The van der Waals surface area contributed by atoms with Gasteiger partial charge in [-0.25, -0.2) is 0 Å². The number of rotatable bonds is 8. The van der Waals surface area contributed by atoms with Gasteiger partial charge in [-0.05, 0) is 99.6 Å². The van der Waals surface area contributed by atoms with Gasteiger partial charge in [-0.15, -0.1) is 0 Å². The highest BCUT2D eigenvalue weighted by Crippen LogP contribution is 2.49. The van der Waals surface area contributed by atoms with Crippen LogP contribution >= 0.6 is 0 Å². The van der Waals surface area contributed by atoms with Crippen molar-refractivity contribution >= 4 is 60.8 Å². The van der Waals surface area contributed by atoms with Gasteiger partial charge in [0.25, 0.3) is 0 Å². The van der Waals surface area contributed by atoms with Crippen molar-refractivity contribution in [1.82, 2.24) is 4.57 Å². The smallest absolute Gasteiger partial charge is 0.137 e. The largest absolute Gasteiger partial charge is 0.456 e. The molecule has 0 radical (unpaired) electrons. The van der Waals surface area contributed by atoms with Gasteiger partial charge >= 0.3 is 0 Å². The molecule has 3 nitrogen and oxygen atoms in total. The van der Waals surface area contributed by atoms with Crippen LogP contribution in [0.25, 0.3) is 93.9 Å². The van der Waals surface area contributed by atoms with Gasteiger partial charge in [-0.2, -0.15) is 0 Å². The van der Waals surface area contributed by atoms with Gasteiger partial charge < -0.3 is 13.9 Å². The van der Waals surface area contributed by atoms with Gasteiger partial charge in [-0.1, -0.05) is 182 Å². The fourth-order valence-corrected chi connectivity index (χ4v) is 9.71. The zero-order chi connectivity index (χ0) is 41.7. The molecule has 0 spiro atoms. The summed E-state index contributed by atoms with van der Waals surface area (Å²) in [6, 6.07) is 87.1. The van der Waals surface area contributed by atoms with Gasteiger partial charge in [-0.3, -0.25) is 0 Å². The lowest BCUT2D eigenvalue weighted by Crippen LogP contribution is -2.12. The van der Waals surface area contributed by atoms with E-state index in [1.807, 2.05) is 6.07 Å². The Bertz CT molecular complexity index is 3640. The van der Waals surface area contributed by atoms with Crippen molar-refractivity contribution in [2.45, 2.75) is 0 Å². The molecular formula is C60H40N2O. The zero-order valence-corrected chi connectivity index (χ0v) is 34.4. The first kappa shape index (κ1) is 36.5. The third-order valence-corrected chi connectivity index (χ3v) is 12.4. The number of hydrogen-bond acceptors (Lipinski definition) is 2. The third-order valence-electron chi connectivity index (χ3n) is 12.4. The Labute approximate surface area is 366 Å². The maximum absolute atomic E-state index is 6.55. The molecule has 0 unspecified atom stereocenters. The Morgan fingerprint density at radius 3 is 1.65 bits per heavy atom. The van der Waals surface area contributed by atoms with Crippen molar-refractivity contribution in [1.29, 1.82) is 0 Å². The fraction of sp³-hybridized carbons (Fsp3) is 0. The Morgan fingerprint density at radius 2 is 0.841 bits per heavy atom. The number of para-hydroxylation sites is 4. The molecule has 12 aromatic rings. The molecule has 0 aliphatic carbocycles. The van der Waals surface area contributed by atoms with E-state index in [4.69, 9.17) is 4.42 Å². The molecule has 0 bridgehead atoms. The molecule has 0 aliphatic rings. The van der Waals surface area contributed by atoms with Crippen LogP contribution in [-0.4, -0.2) is 4.57 Å². The predicted octanol–water partition coefficient (Wildman–Crippen LogP) is 16.8. The Hall–Kier alpha value is -8.40. The minimum atomic E-state index is 0.850. The molecule has 0 atom stereocenters. The summed E-state index contributed by atoms with van der Waals surface area (Å²) in [5.41, 5.74) is 17.7. The van der Waals surface area contributed by atoms with Crippen LogP contribution in [0.3, 0.4) is 0 Å². The number of fused-ring (bicyclic) bond motifs is 6. The normalized spacial score (nSPS) is 11.5. The van der Waals surface area contributed by atoms with E-state index in [9.17, 15) is 0 Å². The van der Waals surface area contributed by atoms with Crippen LogP contribution in [0, 0.1) is 0 Å². The number of anilines is 3. The van der Waals surface area contributed by atoms with Crippen LogP contribution in [0.15, 0.2) is 247 Å². The predicted molar refractivity (Wildman–Crippen MR) is 264 cm³/mol. The van der Waals surface area contributed by atoms with E-state index in [2.05, 4.69) is 246 Å². The van der Waals surface area contributed by atoms with E-state index in [1.165, 1.54) is 49.6 Å². The first-order chi connectivity index (χ1) is 31.3. The first-order valence-electron chi connectivity index (χ1n) is 21.5. The van der Waals surface area contributed by atoms with Crippen LogP contribution in [0.4, 0.5) is 17.1 Å². The van der Waals surface area contributed by atoms with Crippen molar-refractivity contribution in [2.75, 3.05) is 4.90 Å². The van der Waals surface area contributed by atoms with E-state index in [1.54, 1.807) is 0 Å². The highest BCUT2D eigenvalue weighted by atomic mass is 16.3. The number of furan rings is 1. The van der Waals surface area contributed by atoms with Crippen molar-refractivity contribution in [2.24, 2.45) is 0 Å². The molecule has 2 heterocycles. The number of benzene rings is 10. The minimum absolute atomic E-state index is 0.850. The van der Waals surface area contributed by atoms with Crippen LogP contribution in [0.2, 0.25) is 0 Å². The average molecular weight is 805 g/mol. The monoisotopic (exact) mass is 804 g/mol. The second-order valence-electron chi connectivity index (χ2n) is 16.0. The Kier molecular flexibility index (Phi) is 8.83. The highest BCUT2D eigenvalue weighted by Gasteiger charge is 2.24. The summed E-state index contributed by atoms with van der Waals surface area (Å²) in [7, 11) is 0. The maximum atomic E-state index is 6.55. The summed E-state index contributed by atoms with van der Waals surface area (Å²) in [6.45, 7) is 0. The molecule has 3 heteroatoms. The van der Waals surface area contributed by atoms with Gasteiger partial charge in [0.05, 0.1) is 27.8 Å². The summed E-state index contributed by atoms with van der Waals surface area (Å²) < 4.78 is 8.94. The average Bonchev–Trinajstić information content (AvgIpc) is 3.92. The number of nitrogens with zero attached hydrogens (tertiary/aromatic N) is 2. The standard InChI is InChI=1S/C60H40N2O/c1-3-20-41(21-4-1)45-26-7-8-27-47(45)48-28-9-10-29-49(48)50-30-11-14-34-53(50)62(56-37-19-39-58-60(56)52-32-13-16-38-57(52)63-58)44-25-17-22-42(40-44)46-33-18-36-55-59(46)51-31-12-15-35-54(51)61(55)43-23-5-2-6-24-43/h1-40H. The van der Waals surface area contributed by atoms with Crippen LogP contribution in [0.5, 0.6) is 0 Å². The van der Waals surface area contributed by atoms with E-state index in [-0.39, 0.29) is 0 Å². The van der Waals surface area contributed by atoms with E-state index in [0.717, 1.165) is 61.4 Å². The Balaban J connectivity index is 1.11. The minimum Gasteiger partial charge on any atom is -0.456 e. The lowest BCUT2D eigenvalue weighted by Gasteiger charge is -2.29. The molecule has 0 saturated carbocycles. The first-order valence-corrected chi connectivity index (χ1v) is 21.5. The van der Waals surface area contributed by atoms with Crippen molar-refractivity contribution in [3.63, 3.8) is 0 Å². The molecule has 2 aromatic heterocycles. The third kappa shape index (κ3) is 6.13. The number of aromatic nitrogens is 1. The lowest BCUT2D eigenvalue weighted by atomic mass is 9.88. The van der Waals surface area contributed by atoms with E-state index >= 15 is 0 Å². The topological polar surface area (TPSA) is 21.3 Å². The molecule has 0 fully saturated rings. The van der Waals surface area contributed by atoms with Crippen molar-refractivity contribution < 1.29 is 4.42 Å². The lowest BCUT2D eigenvalue weighted by molar-refractivity contribution is 0.669. The molecule has 0 amide bonds. The summed E-state index contributed by atoms with van der Waals surface area (Å²) in [6.07, 6.45) is 0. The van der Waals surface area contributed by atoms with E-state index in [0.29, 0.717) is 0 Å². The number of hydrogen-bond donors (Lipinski definition) is 0.